The highest BCUT2D eigenvalue weighted by atomic mass is 79.9. The molecule has 1 N–H and O–H groups in total. The lowest BCUT2D eigenvalue weighted by Crippen LogP contribution is -2.17. The van der Waals surface area contributed by atoms with E-state index < -0.39 is 9.84 Å². The third-order valence-electron chi connectivity index (χ3n) is 4.47. The molecule has 2 aromatic carbocycles. The zero-order chi connectivity index (χ0) is 19.2. The van der Waals surface area contributed by atoms with Crippen LogP contribution in [0.3, 0.4) is 0 Å². The molecule has 0 saturated heterocycles. The van der Waals surface area contributed by atoms with Gasteiger partial charge in [0.2, 0.25) is 0 Å². The molecule has 8 heteroatoms. The van der Waals surface area contributed by atoms with E-state index in [9.17, 15) is 13.2 Å². The van der Waals surface area contributed by atoms with Crippen LogP contribution in [0.1, 0.15) is 27.2 Å². The summed E-state index contributed by atoms with van der Waals surface area (Å²) in [6.45, 7) is 1.94. The molecule has 1 aliphatic rings. The van der Waals surface area contributed by atoms with Crippen molar-refractivity contribution in [1.29, 1.82) is 0 Å². The average molecular weight is 446 g/mol. The van der Waals surface area contributed by atoms with Crippen LogP contribution in [0.2, 0.25) is 0 Å². The predicted molar refractivity (Wildman–Crippen MR) is 107 cm³/mol. The minimum absolute atomic E-state index is 0.109. The van der Waals surface area contributed by atoms with Crippen LogP contribution in [0.15, 0.2) is 53.0 Å². The van der Waals surface area contributed by atoms with Gasteiger partial charge in [-0.05, 0) is 42.8 Å². The SMILES string of the molecule is Cc1ccccc1-n1nc2c(c1NC(=O)c1ccc(Br)cc1)CS(=O)(=O)C2. The summed E-state index contributed by atoms with van der Waals surface area (Å²) in [5.74, 6) is -0.135. The van der Waals surface area contributed by atoms with E-state index in [0.717, 1.165) is 15.7 Å². The Morgan fingerprint density at radius 2 is 1.81 bits per heavy atom. The first kappa shape index (κ1) is 17.9. The number of carbonyl (C=O) groups excluding carboxylic acids is 1. The molecule has 1 amide bonds. The Labute approximate surface area is 165 Å². The molecular weight excluding hydrogens is 430 g/mol. The van der Waals surface area contributed by atoms with Gasteiger partial charge in [-0.2, -0.15) is 5.10 Å². The molecule has 0 bridgehead atoms. The van der Waals surface area contributed by atoms with Gasteiger partial charge in [0.1, 0.15) is 5.82 Å². The van der Waals surface area contributed by atoms with Crippen molar-refractivity contribution in [2.24, 2.45) is 0 Å². The van der Waals surface area contributed by atoms with Gasteiger partial charge in [-0.3, -0.25) is 4.79 Å². The van der Waals surface area contributed by atoms with Gasteiger partial charge in [0, 0.05) is 15.6 Å². The molecule has 0 atom stereocenters. The maximum Gasteiger partial charge on any atom is 0.256 e. The minimum atomic E-state index is -3.23. The largest absolute Gasteiger partial charge is 0.306 e. The van der Waals surface area contributed by atoms with Crippen LogP contribution in [0, 0.1) is 6.92 Å². The molecule has 0 aliphatic carbocycles. The van der Waals surface area contributed by atoms with Gasteiger partial charge in [-0.25, -0.2) is 13.1 Å². The van der Waals surface area contributed by atoms with Crippen LogP contribution in [-0.2, 0) is 21.3 Å². The molecule has 0 fully saturated rings. The fourth-order valence-electron chi connectivity index (χ4n) is 3.13. The molecule has 2 heterocycles. The van der Waals surface area contributed by atoms with Crippen LogP contribution < -0.4 is 5.32 Å². The molecule has 0 saturated carbocycles. The number of fused-ring (bicyclic) bond motifs is 1. The first-order chi connectivity index (χ1) is 12.8. The smallest absolute Gasteiger partial charge is 0.256 e. The highest BCUT2D eigenvalue weighted by molar-refractivity contribution is 9.10. The number of hydrogen-bond acceptors (Lipinski definition) is 4. The number of nitrogens with zero attached hydrogens (tertiary/aromatic N) is 2. The monoisotopic (exact) mass is 445 g/mol. The maximum atomic E-state index is 12.7. The second-order valence-corrected chi connectivity index (χ2v) is 9.45. The normalized spacial score (nSPS) is 14.7. The standard InChI is InChI=1S/C19H16BrN3O3S/c1-12-4-2-3-5-17(12)23-18(15-10-27(25,26)11-16(15)22-23)21-19(24)13-6-8-14(20)9-7-13/h2-9H,10-11H2,1H3,(H,21,24). The number of para-hydroxylation sites is 1. The molecule has 6 nitrogen and oxygen atoms in total. The summed E-state index contributed by atoms with van der Waals surface area (Å²) in [7, 11) is -3.23. The summed E-state index contributed by atoms with van der Waals surface area (Å²) in [6, 6.07) is 14.6. The van der Waals surface area contributed by atoms with Crippen molar-refractivity contribution in [2.45, 2.75) is 18.4 Å². The van der Waals surface area contributed by atoms with E-state index in [0.29, 0.717) is 22.6 Å². The summed E-state index contributed by atoms with van der Waals surface area (Å²) in [5.41, 5.74) is 3.30. The summed E-state index contributed by atoms with van der Waals surface area (Å²) >= 11 is 3.35. The third-order valence-corrected chi connectivity index (χ3v) is 6.44. The molecule has 27 heavy (non-hydrogen) atoms. The number of hydrogen-bond donors (Lipinski definition) is 1. The van der Waals surface area contributed by atoms with Crippen molar-refractivity contribution in [3.05, 3.63) is 75.4 Å². The number of amides is 1. The van der Waals surface area contributed by atoms with Gasteiger partial charge >= 0.3 is 0 Å². The summed E-state index contributed by atoms with van der Waals surface area (Å²) < 4.78 is 26.6. The molecule has 1 aliphatic heterocycles. The Hall–Kier alpha value is -2.45. The van der Waals surface area contributed by atoms with Gasteiger partial charge in [0.15, 0.2) is 9.84 Å². The van der Waals surface area contributed by atoms with Gasteiger partial charge in [0.25, 0.3) is 5.91 Å². The van der Waals surface area contributed by atoms with E-state index in [-0.39, 0.29) is 17.4 Å². The third kappa shape index (κ3) is 3.42. The topological polar surface area (TPSA) is 81.1 Å². The Kier molecular flexibility index (Phi) is 4.39. The second kappa shape index (κ2) is 6.61. The number of aromatic nitrogens is 2. The Morgan fingerprint density at radius 3 is 2.52 bits per heavy atom. The van der Waals surface area contributed by atoms with E-state index in [2.05, 4.69) is 26.3 Å². The van der Waals surface area contributed by atoms with Gasteiger partial charge < -0.3 is 5.32 Å². The van der Waals surface area contributed by atoms with Gasteiger partial charge in [-0.1, -0.05) is 34.1 Å². The fraction of sp³-hybridized carbons (Fsp3) is 0.158. The molecule has 3 aromatic rings. The Morgan fingerprint density at radius 1 is 1.11 bits per heavy atom. The number of aryl methyl sites for hydroxylation is 1. The van der Waals surface area contributed by atoms with Crippen molar-refractivity contribution < 1.29 is 13.2 Å². The number of rotatable bonds is 3. The van der Waals surface area contributed by atoms with Crippen molar-refractivity contribution in [3.63, 3.8) is 0 Å². The van der Waals surface area contributed by atoms with E-state index in [1.165, 1.54) is 0 Å². The maximum absolute atomic E-state index is 12.7. The molecule has 4 rings (SSSR count). The van der Waals surface area contributed by atoms with Crippen molar-refractivity contribution in [2.75, 3.05) is 5.32 Å². The number of halogens is 1. The Bertz CT molecular complexity index is 1150. The molecule has 0 radical (unpaired) electrons. The lowest BCUT2D eigenvalue weighted by molar-refractivity contribution is 0.102. The average Bonchev–Trinajstić information content (AvgIpc) is 3.08. The van der Waals surface area contributed by atoms with Crippen molar-refractivity contribution >= 4 is 37.5 Å². The number of carbonyl (C=O) groups is 1. The lowest BCUT2D eigenvalue weighted by atomic mass is 10.2. The van der Waals surface area contributed by atoms with E-state index in [4.69, 9.17) is 0 Å². The summed E-state index contributed by atoms with van der Waals surface area (Å²) in [6.07, 6.45) is 0. The van der Waals surface area contributed by atoms with Gasteiger partial charge in [0.05, 0.1) is 22.9 Å². The minimum Gasteiger partial charge on any atom is -0.306 e. The van der Waals surface area contributed by atoms with Crippen LogP contribution in [-0.4, -0.2) is 24.1 Å². The highest BCUT2D eigenvalue weighted by Gasteiger charge is 2.33. The summed E-state index contributed by atoms with van der Waals surface area (Å²) in [4.78, 5) is 12.7. The van der Waals surface area contributed by atoms with Crippen molar-refractivity contribution in [3.8, 4) is 5.69 Å². The molecule has 138 valence electrons. The number of anilines is 1. The second-order valence-electron chi connectivity index (χ2n) is 6.47. The van der Waals surface area contributed by atoms with Crippen LogP contribution in [0.25, 0.3) is 5.69 Å². The first-order valence-corrected chi connectivity index (χ1v) is 10.9. The number of nitrogens with one attached hydrogen (secondary N) is 1. The highest BCUT2D eigenvalue weighted by Crippen LogP contribution is 2.33. The summed E-state index contributed by atoms with van der Waals surface area (Å²) in [5, 5.41) is 7.37. The molecule has 0 spiro atoms. The molecule has 1 aromatic heterocycles. The van der Waals surface area contributed by atoms with Crippen molar-refractivity contribution in [1.82, 2.24) is 9.78 Å². The van der Waals surface area contributed by atoms with E-state index in [1.807, 2.05) is 31.2 Å². The molecule has 0 unspecified atom stereocenters. The quantitative estimate of drug-likeness (QED) is 0.667. The first-order valence-electron chi connectivity index (χ1n) is 8.28. The van der Waals surface area contributed by atoms with Crippen LogP contribution >= 0.6 is 15.9 Å². The zero-order valence-corrected chi connectivity index (χ0v) is 16.8. The fourth-order valence-corrected chi connectivity index (χ4v) is 4.89. The lowest BCUT2D eigenvalue weighted by Gasteiger charge is -2.13. The number of benzene rings is 2. The Balaban J connectivity index is 1.80. The van der Waals surface area contributed by atoms with E-state index >= 15 is 0 Å². The molecular formula is C19H16BrN3O3S. The zero-order valence-electron chi connectivity index (χ0n) is 14.4. The van der Waals surface area contributed by atoms with E-state index in [1.54, 1.807) is 28.9 Å². The van der Waals surface area contributed by atoms with Crippen LogP contribution in [0.4, 0.5) is 5.82 Å². The number of sulfone groups is 1. The predicted octanol–water partition coefficient (Wildman–Crippen LogP) is 3.62. The van der Waals surface area contributed by atoms with Gasteiger partial charge in [-0.15, -0.1) is 0 Å². The van der Waals surface area contributed by atoms with Crippen LogP contribution in [0.5, 0.6) is 0 Å².